The van der Waals surface area contributed by atoms with E-state index in [4.69, 9.17) is 0 Å². The summed E-state index contributed by atoms with van der Waals surface area (Å²) in [5.41, 5.74) is 2.38. The van der Waals surface area contributed by atoms with E-state index in [1.165, 1.54) is 5.46 Å². The van der Waals surface area contributed by atoms with Crippen LogP contribution in [0, 0.1) is 3.70 Å². The van der Waals surface area contributed by atoms with Crippen molar-refractivity contribution in [2.45, 2.75) is 0 Å². The molecule has 1 nitrogen and oxygen atoms in total. The average Bonchev–Trinajstić information content (AvgIpc) is 1.59. The summed E-state index contributed by atoms with van der Waals surface area (Å²) in [5.74, 6) is 0. The summed E-state index contributed by atoms with van der Waals surface area (Å²) in [7, 11) is 4.09. The van der Waals surface area contributed by atoms with Gasteiger partial charge in [-0.2, -0.15) is 0 Å². The number of aromatic nitrogens is 1. The molecule has 1 aromatic heterocycles. The molecule has 0 fully saturated rings. The molecule has 0 aliphatic rings. The molecule has 0 N–H and O–H groups in total. The largest absolute Gasteiger partial charge is 0.258 e. The molecule has 0 spiro atoms. The molecule has 0 aromatic carbocycles. The highest BCUT2D eigenvalue weighted by Gasteiger charge is 1.90. The van der Waals surface area contributed by atoms with Gasteiger partial charge < -0.3 is 0 Å². The minimum atomic E-state index is 1.07. The molecule has 0 unspecified atom stereocenters. The average molecular weight is 229 g/mol. The predicted octanol–water partition coefficient (Wildman–Crippen LogP) is -1.80. The highest BCUT2D eigenvalue weighted by atomic mass is 127. The molecule has 1 rings (SSSR count). The van der Waals surface area contributed by atoms with Crippen LogP contribution in [0.25, 0.3) is 0 Å². The maximum Gasteiger partial charge on any atom is 0.163 e. The Morgan fingerprint density at radius 2 is 2.00 bits per heavy atom. The van der Waals surface area contributed by atoms with Crippen molar-refractivity contribution >= 4 is 49.3 Å². The highest BCUT2D eigenvalue weighted by molar-refractivity contribution is 14.1. The van der Waals surface area contributed by atoms with E-state index in [-0.39, 0.29) is 0 Å². The van der Waals surface area contributed by atoms with Crippen LogP contribution in [0.2, 0.25) is 0 Å². The number of hydrogen-bond donors (Lipinski definition) is 0. The summed E-state index contributed by atoms with van der Waals surface area (Å²) in [4.78, 5) is 4.22. The molecule has 1 aromatic rings. The minimum Gasteiger partial charge on any atom is -0.258 e. The molecule has 0 radical (unpaired) electrons. The van der Waals surface area contributed by atoms with Crippen molar-refractivity contribution in [3.63, 3.8) is 0 Å². The molecule has 0 aliphatic carbocycles. The van der Waals surface area contributed by atoms with Crippen molar-refractivity contribution in [1.82, 2.24) is 4.98 Å². The van der Waals surface area contributed by atoms with E-state index in [0.29, 0.717) is 0 Å². The van der Waals surface area contributed by atoms with Crippen LogP contribution in [0.3, 0.4) is 0 Å². The number of nitrogens with zero attached hydrogens (tertiary/aromatic N) is 1. The fourth-order valence-electron chi connectivity index (χ4n) is 0.792. The Kier molecular flexibility index (Phi) is 2.16. The second kappa shape index (κ2) is 2.73. The lowest BCUT2D eigenvalue weighted by Crippen LogP contribution is -2.17. The van der Waals surface area contributed by atoms with Crippen LogP contribution in [-0.4, -0.2) is 20.7 Å². The number of rotatable bonds is 0. The summed E-state index contributed by atoms with van der Waals surface area (Å²) >= 11 is 2.22. The third-order valence-corrected chi connectivity index (χ3v) is 1.62. The van der Waals surface area contributed by atoms with Gasteiger partial charge in [0.25, 0.3) is 0 Å². The van der Waals surface area contributed by atoms with Gasteiger partial charge in [-0.3, -0.25) is 4.98 Å². The SMILES string of the molecule is Bc1cc(B)nc(I)c1. The normalized spacial score (nSPS) is 9.44. The molecule has 4 heteroatoms. The molecule has 0 aliphatic heterocycles. The van der Waals surface area contributed by atoms with E-state index in [0.717, 1.165) is 9.29 Å². The van der Waals surface area contributed by atoms with Gasteiger partial charge in [0.1, 0.15) is 7.85 Å². The fraction of sp³-hybridized carbons (Fsp3) is 0. The monoisotopic (exact) mass is 229 g/mol. The van der Waals surface area contributed by atoms with E-state index in [9.17, 15) is 0 Å². The van der Waals surface area contributed by atoms with E-state index >= 15 is 0 Å². The molecular formula is C5H6B2IN. The van der Waals surface area contributed by atoms with E-state index < -0.39 is 0 Å². The van der Waals surface area contributed by atoms with Crippen LogP contribution in [0.1, 0.15) is 0 Å². The predicted molar refractivity (Wildman–Crippen MR) is 53.3 cm³/mol. The first-order valence-corrected chi connectivity index (χ1v) is 3.87. The summed E-state index contributed by atoms with van der Waals surface area (Å²) in [5, 5.41) is 0. The molecule has 0 bridgehead atoms. The first-order chi connectivity index (χ1) is 4.18. The van der Waals surface area contributed by atoms with Crippen molar-refractivity contribution in [3.8, 4) is 0 Å². The second-order valence-electron chi connectivity index (χ2n) is 2.11. The summed E-state index contributed by atoms with van der Waals surface area (Å²) in [6, 6.07) is 4.13. The number of pyridine rings is 1. The molecule has 0 atom stereocenters. The Balaban J connectivity index is 3.17. The Morgan fingerprint density at radius 3 is 2.44 bits per heavy atom. The van der Waals surface area contributed by atoms with Crippen molar-refractivity contribution < 1.29 is 0 Å². The molecule has 1 heterocycles. The van der Waals surface area contributed by atoms with E-state index in [1.54, 1.807) is 0 Å². The van der Waals surface area contributed by atoms with Crippen molar-refractivity contribution in [2.24, 2.45) is 0 Å². The van der Waals surface area contributed by atoms with Crippen LogP contribution in [-0.2, 0) is 0 Å². The molecule has 44 valence electrons. The fourth-order valence-corrected chi connectivity index (χ4v) is 1.66. The summed E-state index contributed by atoms with van der Waals surface area (Å²) < 4.78 is 1.07. The van der Waals surface area contributed by atoms with Gasteiger partial charge in [-0.15, -0.1) is 0 Å². The van der Waals surface area contributed by atoms with Crippen LogP contribution in [0.15, 0.2) is 12.1 Å². The van der Waals surface area contributed by atoms with E-state index in [1.807, 2.05) is 7.85 Å². The Labute approximate surface area is 70.2 Å². The Bertz CT molecular complexity index is 176. The zero-order valence-corrected chi connectivity index (χ0v) is 7.64. The Morgan fingerprint density at radius 1 is 1.33 bits per heavy atom. The van der Waals surface area contributed by atoms with Gasteiger partial charge >= 0.3 is 0 Å². The van der Waals surface area contributed by atoms with Crippen molar-refractivity contribution in [3.05, 3.63) is 15.8 Å². The van der Waals surface area contributed by atoms with Gasteiger partial charge in [0.15, 0.2) is 7.85 Å². The van der Waals surface area contributed by atoms with Crippen LogP contribution < -0.4 is 11.1 Å². The van der Waals surface area contributed by atoms with Crippen LogP contribution in [0.5, 0.6) is 0 Å². The molecule has 0 saturated carbocycles. The highest BCUT2D eigenvalue weighted by Crippen LogP contribution is 1.91. The topological polar surface area (TPSA) is 12.9 Å². The molecular weight excluding hydrogens is 223 g/mol. The van der Waals surface area contributed by atoms with Gasteiger partial charge in [0.2, 0.25) is 0 Å². The van der Waals surface area contributed by atoms with Crippen LogP contribution in [0.4, 0.5) is 0 Å². The van der Waals surface area contributed by atoms with Gasteiger partial charge in [-0.1, -0.05) is 11.5 Å². The van der Waals surface area contributed by atoms with Gasteiger partial charge in [0, 0.05) is 0 Å². The first-order valence-electron chi connectivity index (χ1n) is 2.79. The maximum absolute atomic E-state index is 4.22. The second-order valence-corrected chi connectivity index (χ2v) is 3.21. The number of hydrogen-bond acceptors (Lipinski definition) is 1. The smallest absolute Gasteiger partial charge is 0.163 e. The minimum absolute atomic E-state index is 1.07. The number of halogens is 1. The van der Waals surface area contributed by atoms with Gasteiger partial charge in [-0.05, 0) is 34.3 Å². The lowest BCUT2D eigenvalue weighted by atomic mass is 9.92. The van der Waals surface area contributed by atoms with Crippen molar-refractivity contribution in [2.75, 3.05) is 0 Å². The lowest BCUT2D eigenvalue weighted by Gasteiger charge is -1.95. The van der Waals surface area contributed by atoms with Gasteiger partial charge in [0.05, 0.1) is 3.70 Å². The maximum atomic E-state index is 4.22. The van der Waals surface area contributed by atoms with E-state index in [2.05, 4.69) is 47.6 Å². The summed E-state index contributed by atoms with van der Waals surface area (Å²) in [6.07, 6.45) is 0. The van der Waals surface area contributed by atoms with Gasteiger partial charge in [-0.25, -0.2) is 0 Å². The van der Waals surface area contributed by atoms with Crippen LogP contribution >= 0.6 is 22.6 Å². The standard InChI is InChI=1S/C5H6B2IN/c6-3-1-4(7)9-5(8)2-3/h1-2H,6-7H2. The molecule has 0 saturated heterocycles. The molecule has 9 heavy (non-hydrogen) atoms. The Hall–Kier alpha value is 0.00987. The lowest BCUT2D eigenvalue weighted by molar-refractivity contribution is 1.34. The van der Waals surface area contributed by atoms with Crippen molar-refractivity contribution in [1.29, 1.82) is 0 Å². The first kappa shape index (κ1) is 7.12. The third kappa shape index (κ3) is 2.01. The molecule has 0 amide bonds. The zero-order valence-electron chi connectivity index (χ0n) is 5.48. The quantitative estimate of drug-likeness (QED) is 0.290. The summed E-state index contributed by atoms with van der Waals surface area (Å²) in [6.45, 7) is 0. The zero-order chi connectivity index (χ0) is 6.85. The third-order valence-electron chi connectivity index (χ3n) is 1.07.